The lowest BCUT2D eigenvalue weighted by Gasteiger charge is -2.34. The molecule has 1 aliphatic rings. The number of anilines is 2. The minimum atomic E-state index is -1.21. The molecule has 3 rings (SSSR count). The third-order valence-electron chi connectivity index (χ3n) is 5.49. The van der Waals surface area contributed by atoms with Crippen LogP contribution >= 0.6 is 11.6 Å². The van der Waals surface area contributed by atoms with E-state index in [2.05, 4.69) is 20.6 Å². The second kappa shape index (κ2) is 11.3. The Balaban J connectivity index is 1.82. The first kappa shape index (κ1) is 27.5. The number of hydrogen-bond donors (Lipinski definition) is 3. The normalized spacial score (nSPS) is 16.1. The summed E-state index contributed by atoms with van der Waals surface area (Å²) in [6.45, 7) is 12.9. The maximum atomic E-state index is 12.5. The van der Waals surface area contributed by atoms with Gasteiger partial charge in [-0.1, -0.05) is 25.4 Å². The highest BCUT2D eigenvalue weighted by Gasteiger charge is 2.29. The number of nitrogens with one attached hydrogen (secondary N) is 2. The summed E-state index contributed by atoms with van der Waals surface area (Å²) in [5.74, 6) is -0.971. The molecule has 10 nitrogen and oxygen atoms in total. The number of aromatic nitrogens is 2. The number of nitrogens with zero attached hydrogens (tertiary/aromatic N) is 3. The first-order valence-corrected chi connectivity index (χ1v) is 12.2. The Kier molecular flexibility index (Phi) is 8.63. The Hall–Kier alpha value is -3.11. The Morgan fingerprint density at radius 2 is 2.08 bits per heavy atom. The van der Waals surface area contributed by atoms with E-state index in [0.29, 0.717) is 25.3 Å². The Morgan fingerprint density at radius 1 is 1.36 bits per heavy atom. The maximum Gasteiger partial charge on any atom is 0.410 e. The van der Waals surface area contributed by atoms with Gasteiger partial charge in [0.2, 0.25) is 0 Å². The molecule has 0 bridgehead atoms. The summed E-state index contributed by atoms with van der Waals surface area (Å²) < 4.78 is 11.4. The van der Waals surface area contributed by atoms with Crippen LogP contribution in [-0.4, -0.2) is 69.9 Å². The van der Waals surface area contributed by atoms with Crippen molar-refractivity contribution in [2.45, 2.75) is 59.1 Å². The molecule has 196 valence electrons. The van der Waals surface area contributed by atoms with Gasteiger partial charge < -0.3 is 30.1 Å². The number of halogens is 1. The van der Waals surface area contributed by atoms with Crippen LogP contribution in [0.3, 0.4) is 0 Å². The van der Waals surface area contributed by atoms with E-state index in [4.69, 9.17) is 21.1 Å². The van der Waals surface area contributed by atoms with Crippen molar-refractivity contribution in [3.05, 3.63) is 40.3 Å². The molecular formula is C25H34ClN5O5. The third-order valence-corrected chi connectivity index (χ3v) is 5.69. The lowest BCUT2D eigenvalue weighted by Crippen LogP contribution is -2.55. The van der Waals surface area contributed by atoms with Crippen molar-refractivity contribution in [1.29, 1.82) is 0 Å². The first-order chi connectivity index (χ1) is 16.9. The van der Waals surface area contributed by atoms with E-state index in [1.165, 1.54) is 6.07 Å². The molecular weight excluding hydrogens is 486 g/mol. The number of carboxylic acids is 1. The molecule has 1 aliphatic heterocycles. The summed E-state index contributed by atoms with van der Waals surface area (Å²) in [6.07, 6.45) is 1.32. The van der Waals surface area contributed by atoms with E-state index >= 15 is 0 Å². The van der Waals surface area contributed by atoms with Gasteiger partial charge in [-0.25, -0.2) is 14.6 Å². The van der Waals surface area contributed by atoms with Crippen molar-refractivity contribution in [3.63, 3.8) is 0 Å². The molecule has 1 atom stereocenters. The van der Waals surface area contributed by atoms with Gasteiger partial charge >= 0.3 is 12.1 Å². The lowest BCUT2D eigenvalue weighted by atomic mass is 10.0. The monoisotopic (exact) mass is 519 g/mol. The second-order valence-corrected chi connectivity index (χ2v) is 10.4. The first-order valence-electron chi connectivity index (χ1n) is 11.9. The minimum Gasteiger partial charge on any atom is -0.491 e. The number of pyridine rings is 2. The number of piperazine rings is 1. The van der Waals surface area contributed by atoms with Crippen LogP contribution in [0.5, 0.6) is 5.75 Å². The molecule has 0 unspecified atom stereocenters. The van der Waals surface area contributed by atoms with Crippen LogP contribution in [0.15, 0.2) is 18.3 Å². The van der Waals surface area contributed by atoms with Gasteiger partial charge in [-0.2, -0.15) is 0 Å². The largest absolute Gasteiger partial charge is 0.491 e. The Labute approximate surface area is 216 Å². The molecule has 0 radical (unpaired) electrons. The van der Waals surface area contributed by atoms with E-state index in [1.807, 2.05) is 47.6 Å². The fourth-order valence-corrected chi connectivity index (χ4v) is 4.00. The van der Waals surface area contributed by atoms with Gasteiger partial charge in [-0.05, 0) is 45.2 Å². The predicted molar refractivity (Wildman–Crippen MR) is 138 cm³/mol. The van der Waals surface area contributed by atoms with Crippen molar-refractivity contribution in [1.82, 2.24) is 20.2 Å². The van der Waals surface area contributed by atoms with Gasteiger partial charge in [0, 0.05) is 31.9 Å². The molecule has 3 N–H and O–H groups in total. The zero-order valence-electron chi connectivity index (χ0n) is 21.5. The van der Waals surface area contributed by atoms with E-state index in [1.54, 1.807) is 11.1 Å². The van der Waals surface area contributed by atoms with Gasteiger partial charge in [0.05, 0.1) is 17.4 Å². The van der Waals surface area contributed by atoms with Crippen LogP contribution < -0.4 is 15.4 Å². The highest BCUT2D eigenvalue weighted by atomic mass is 35.5. The fourth-order valence-electron chi connectivity index (χ4n) is 3.82. The van der Waals surface area contributed by atoms with E-state index in [-0.39, 0.29) is 40.9 Å². The smallest absolute Gasteiger partial charge is 0.410 e. The molecule has 0 aromatic carbocycles. The minimum absolute atomic E-state index is 0.0648. The Morgan fingerprint density at radius 3 is 2.72 bits per heavy atom. The molecule has 36 heavy (non-hydrogen) atoms. The van der Waals surface area contributed by atoms with Crippen molar-refractivity contribution >= 4 is 35.2 Å². The standard InChI is InChI=1S/C25H34ClN5O5/c1-14(2)20-21(15(3)7-8-28-20)30-22-19(23(32)33)17(11-18(26)29-22)35-13-16-12-31(10-9-27-16)24(34)36-25(4,5)6/h7-8,11,14,16,27H,9-10,12-13H2,1-6H3,(H,29,30)(H,32,33)/t16-/m1/s1. The molecule has 0 spiro atoms. The van der Waals surface area contributed by atoms with Crippen LogP contribution in [0.1, 0.15) is 62.2 Å². The van der Waals surface area contributed by atoms with Crippen LogP contribution in [0, 0.1) is 6.92 Å². The van der Waals surface area contributed by atoms with Crippen molar-refractivity contribution in [2.24, 2.45) is 0 Å². The molecule has 11 heteroatoms. The summed E-state index contributed by atoms with van der Waals surface area (Å²) in [5.41, 5.74) is 1.62. The third kappa shape index (κ3) is 6.98. The number of hydrogen-bond acceptors (Lipinski definition) is 8. The summed E-state index contributed by atoms with van der Waals surface area (Å²) in [7, 11) is 0. The molecule has 2 aromatic heterocycles. The molecule has 1 fully saturated rings. The number of ether oxygens (including phenoxy) is 2. The van der Waals surface area contributed by atoms with Gasteiger partial charge in [-0.15, -0.1) is 0 Å². The highest BCUT2D eigenvalue weighted by molar-refractivity contribution is 6.29. The second-order valence-electron chi connectivity index (χ2n) is 10.0. The molecule has 3 heterocycles. The number of amides is 1. The number of aromatic carboxylic acids is 1. The van der Waals surface area contributed by atoms with Gasteiger partial charge in [0.25, 0.3) is 0 Å². The number of carbonyl (C=O) groups excluding carboxylic acids is 1. The number of carbonyl (C=O) groups is 2. The number of rotatable bonds is 7. The Bertz CT molecular complexity index is 1120. The summed E-state index contributed by atoms with van der Waals surface area (Å²) in [4.78, 5) is 35.0. The molecule has 0 aliphatic carbocycles. The predicted octanol–water partition coefficient (Wildman–Crippen LogP) is 4.59. The van der Waals surface area contributed by atoms with Crippen LogP contribution in [0.4, 0.5) is 16.3 Å². The van der Waals surface area contributed by atoms with Crippen molar-refractivity contribution in [2.75, 3.05) is 31.6 Å². The number of aryl methyl sites for hydroxylation is 1. The maximum absolute atomic E-state index is 12.5. The molecule has 0 saturated carbocycles. The van der Waals surface area contributed by atoms with Crippen LogP contribution in [-0.2, 0) is 4.74 Å². The topological polar surface area (TPSA) is 126 Å². The molecule has 1 saturated heterocycles. The highest BCUT2D eigenvalue weighted by Crippen LogP contribution is 2.34. The van der Waals surface area contributed by atoms with E-state index < -0.39 is 17.7 Å². The summed E-state index contributed by atoms with van der Waals surface area (Å²) in [5, 5.41) is 16.5. The SMILES string of the molecule is Cc1ccnc(C(C)C)c1Nc1nc(Cl)cc(OC[C@H]2CN(C(=O)OC(C)(C)C)CCN2)c1C(=O)O. The summed E-state index contributed by atoms with van der Waals surface area (Å²) >= 11 is 6.26. The molecule has 1 amide bonds. The van der Waals surface area contributed by atoms with E-state index in [0.717, 1.165) is 11.3 Å². The van der Waals surface area contributed by atoms with Gasteiger partial charge in [-0.3, -0.25) is 4.98 Å². The van der Waals surface area contributed by atoms with Crippen molar-refractivity contribution in [3.8, 4) is 5.75 Å². The summed E-state index contributed by atoms with van der Waals surface area (Å²) in [6, 6.07) is 2.98. The van der Waals surface area contributed by atoms with Crippen LogP contribution in [0.2, 0.25) is 5.15 Å². The lowest BCUT2D eigenvalue weighted by molar-refractivity contribution is 0.0178. The number of carboxylic acid groups (broad SMARTS) is 1. The van der Waals surface area contributed by atoms with Gasteiger partial charge in [0.15, 0.2) is 5.82 Å². The fraction of sp³-hybridized carbons (Fsp3) is 0.520. The van der Waals surface area contributed by atoms with Crippen LogP contribution in [0.25, 0.3) is 0 Å². The van der Waals surface area contributed by atoms with Gasteiger partial charge in [0.1, 0.15) is 28.7 Å². The average Bonchev–Trinajstić information content (AvgIpc) is 2.77. The zero-order valence-corrected chi connectivity index (χ0v) is 22.3. The van der Waals surface area contributed by atoms with Crippen molar-refractivity contribution < 1.29 is 24.2 Å². The zero-order chi connectivity index (χ0) is 26.6. The average molecular weight is 520 g/mol. The van der Waals surface area contributed by atoms with E-state index in [9.17, 15) is 14.7 Å². The molecule has 2 aromatic rings. The quantitative estimate of drug-likeness (QED) is 0.450.